The minimum absolute atomic E-state index is 0.0182. The van der Waals surface area contributed by atoms with Crippen LogP contribution in [0.15, 0.2) is 47.3 Å². The molecular formula is C20H19ClN2O2. The van der Waals surface area contributed by atoms with Crippen LogP contribution < -0.4 is 10.9 Å². The summed E-state index contributed by atoms with van der Waals surface area (Å²) in [6, 6.07) is 11.4. The standard InChI is InChI=1S/C20H19ClN2O2/c21-14-5-3-13(4-6-14)17(11-15-7-10-19(24)22-15)18-9-8-16(12-1-2-12)20(25)23-18/h3-6,8-9,11-12,15H,1-2,7,10H2,(H,22,24)(H,23,25)/b17-11+/t15-/m1/s1. The lowest BCUT2D eigenvalue weighted by Crippen LogP contribution is -2.23. The van der Waals surface area contributed by atoms with Crippen molar-refractivity contribution >= 4 is 23.1 Å². The lowest BCUT2D eigenvalue weighted by Gasteiger charge is -2.13. The van der Waals surface area contributed by atoms with Crippen molar-refractivity contribution in [2.24, 2.45) is 0 Å². The van der Waals surface area contributed by atoms with Gasteiger partial charge in [0.05, 0.1) is 0 Å². The Balaban J connectivity index is 1.75. The van der Waals surface area contributed by atoms with Gasteiger partial charge in [-0.25, -0.2) is 0 Å². The normalized spacial score (nSPS) is 20.6. The zero-order valence-electron chi connectivity index (χ0n) is 13.7. The molecule has 1 atom stereocenters. The van der Waals surface area contributed by atoms with Crippen molar-refractivity contribution < 1.29 is 4.79 Å². The van der Waals surface area contributed by atoms with Crippen molar-refractivity contribution in [3.8, 4) is 0 Å². The van der Waals surface area contributed by atoms with Crippen molar-refractivity contribution in [3.63, 3.8) is 0 Å². The first-order chi connectivity index (χ1) is 12.1. The number of benzene rings is 1. The van der Waals surface area contributed by atoms with Crippen molar-refractivity contribution in [2.75, 3.05) is 0 Å². The fourth-order valence-electron chi connectivity index (χ4n) is 3.29. The van der Waals surface area contributed by atoms with E-state index >= 15 is 0 Å². The van der Waals surface area contributed by atoms with Crippen LogP contribution in [0.1, 0.15) is 48.4 Å². The van der Waals surface area contributed by atoms with Crippen LogP contribution in [0.2, 0.25) is 5.02 Å². The zero-order chi connectivity index (χ0) is 17.4. The highest BCUT2D eigenvalue weighted by Gasteiger charge is 2.26. The summed E-state index contributed by atoms with van der Waals surface area (Å²) in [4.78, 5) is 27.0. The Morgan fingerprint density at radius 2 is 1.80 bits per heavy atom. The smallest absolute Gasteiger partial charge is 0.251 e. The van der Waals surface area contributed by atoms with E-state index in [0.29, 0.717) is 17.4 Å². The monoisotopic (exact) mass is 354 g/mol. The third kappa shape index (κ3) is 3.54. The summed E-state index contributed by atoms with van der Waals surface area (Å²) in [6.45, 7) is 0. The summed E-state index contributed by atoms with van der Waals surface area (Å²) in [5.41, 5.74) is 3.48. The molecule has 0 unspecified atom stereocenters. The van der Waals surface area contributed by atoms with E-state index in [2.05, 4.69) is 10.3 Å². The number of aromatic nitrogens is 1. The number of amides is 1. The number of nitrogens with one attached hydrogen (secondary N) is 2. The van der Waals surface area contributed by atoms with E-state index in [4.69, 9.17) is 11.6 Å². The Kier molecular flexibility index (Phi) is 4.22. The van der Waals surface area contributed by atoms with E-state index in [1.54, 1.807) is 0 Å². The molecule has 1 saturated heterocycles. The van der Waals surface area contributed by atoms with Crippen LogP contribution in [-0.4, -0.2) is 16.9 Å². The van der Waals surface area contributed by atoms with Gasteiger partial charge in [0, 0.05) is 34.3 Å². The van der Waals surface area contributed by atoms with E-state index in [1.165, 1.54) is 0 Å². The molecule has 2 fully saturated rings. The topological polar surface area (TPSA) is 62.0 Å². The summed E-state index contributed by atoms with van der Waals surface area (Å²) in [6.07, 6.45) is 5.51. The van der Waals surface area contributed by atoms with Gasteiger partial charge in [0.2, 0.25) is 5.91 Å². The van der Waals surface area contributed by atoms with Gasteiger partial charge in [0.1, 0.15) is 0 Å². The number of carbonyl (C=O) groups is 1. The van der Waals surface area contributed by atoms with Crippen molar-refractivity contribution in [3.05, 3.63) is 74.7 Å². The van der Waals surface area contributed by atoms with Gasteiger partial charge >= 0.3 is 0 Å². The molecule has 4 rings (SSSR count). The van der Waals surface area contributed by atoms with Crippen LogP contribution in [0.3, 0.4) is 0 Å². The van der Waals surface area contributed by atoms with Gasteiger partial charge in [-0.05, 0) is 48.9 Å². The molecule has 0 spiro atoms. The van der Waals surface area contributed by atoms with E-state index < -0.39 is 0 Å². The van der Waals surface area contributed by atoms with Crippen LogP contribution >= 0.6 is 11.6 Å². The fourth-order valence-corrected chi connectivity index (χ4v) is 3.42. The molecule has 1 aromatic heterocycles. The summed E-state index contributed by atoms with van der Waals surface area (Å²) >= 11 is 6.01. The second kappa shape index (κ2) is 6.52. The van der Waals surface area contributed by atoms with Gasteiger partial charge in [-0.2, -0.15) is 0 Å². The number of hydrogen-bond donors (Lipinski definition) is 2. The second-order valence-electron chi connectivity index (χ2n) is 6.73. The lowest BCUT2D eigenvalue weighted by atomic mass is 9.98. The lowest BCUT2D eigenvalue weighted by molar-refractivity contribution is -0.119. The Morgan fingerprint density at radius 1 is 1.04 bits per heavy atom. The zero-order valence-corrected chi connectivity index (χ0v) is 14.5. The maximum atomic E-state index is 12.4. The molecule has 1 amide bonds. The largest absolute Gasteiger partial charge is 0.350 e. The average molecular weight is 355 g/mol. The Hall–Kier alpha value is -2.33. The van der Waals surface area contributed by atoms with Crippen LogP contribution in [0.25, 0.3) is 5.57 Å². The molecule has 0 radical (unpaired) electrons. The van der Waals surface area contributed by atoms with E-state index in [9.17, 15) is 9.59 Å². The molecule has 1 saturated carbocycles. The van der Waals surface area contributed by atoms with Gasteiger partial charge in [0.25, 0.3) is 5.56 Å². The molecule has 1 aliphatic carbocycles. The number of rotatable bonds is 4. The first-order valence-corrected chi connectivity index (χ1v) is 8.98. The summed E-state index contributed by atoms with van der Waals surface area (Å²) < 4.78 is 0. The highest BCUT2D eigenvalue weighted by Crippen LogP contribution is 2.38. The average Bonchev–Trinajstić information content (AvgIpc) is 3.35. The molecule has 1 aliphatic heterocycles. The van der Waals surface area contributed by atoms with Gasteiger partial charge in [-0.3, -0.25) is 9.59 Å². The number of pyridine rings is 1. The minimum Gasteiger partial charge on any atom is -0.350 e. The number of aromatic amines is 1. The van der Waals surface area contributed by atoms with Crippen LogP contribution in [-0.2, 0) is 4.79 Å². The molecular weight excluding hydrogens is 336 g/mol. The van der Waals surface area contributed by atoms with Gasteiger partial charge in [-0.15, -0.1) is 0 Å². The van der Waals surface area contributed by atoms with Crippen molar-refractivity contribution in [1.82, 2.24) is 10.3 Å². The first-order valence-electron chi connectivity index (χ1n) is 8.61. The number of carbonyl (C=O) groups excluding carboxylic acids is 1. The first kappa shape index (κ1) is 16.2. The quantitative estimate of drug-likeness (QED) is 0.881. The Bertz CT molecular complexity index is 895. The van der Waals surface area contributed by atoms with Gasteiger partial charge in [0.15, 0.2) is 0 Å². The molecule has 2 aromatic rings. The SMILES string of the molecule is O=C1CC[C@H](/C=C(\c2ccc(Cl)cc2)c2ccc(C3CC3)c(=O)[nH]2)N1. The third-order valence-electron chi connectivity index (χ3n) is 4.80. The van der Waals surface area contributed by atoms with Gasteiger partial charge < -0.3 is 10.3 Å². The Labute approximate surface area is 150 Å². The summed E-state index contributed by atoms with van der Waals surface area (Å²) in [5, 5.41) is 3.62. The molecule has 128 valence electrons. The Morgan fingerprint density at radius 3 is 2.40 bits per heavy atom. The second-order valence-corrected chi connectivity index (χ2v) is 7.17. The summed E-state index contributed by atoms with van der Waals surface area (Å²) in [7, 11) is 0. The number of hydrogen-bond acceptors (Lipinski definition) is 2. The maximum Gasteiger partial charge on any atom is 0.251 e. The predicted molar refractivity (Wildman–Crippen MR) is 98.7 cm³/mol. The highest BCUT2D eigenvalue weighted by molar-refractivity contribution is 6.30. The minimum atomic E-state index is -0.0233. The molecule has 25 heavy (non-hydrogen) atoms. The molecule has 2 N–H and O–H groups in total. The highest BCUT2D eigenvalue weighted by atomic mass is 35.5. The van der Waals surface area contributed by atoms with Crippen LogP contribution in [0.4, 0.5) is 0 Å². The number of H-pyrrole nitrogens is 1. The summed E-state index contributed by atoms with van der Waals surface area (Å²) in [5.74, 6) is 0.476. The van der Waals surface area contributed by atoms with E-state index in [0.717, 1.165) is 41.7 Å². The molecule has 2 aliphatic rings. The fraction of sp³-hybridized carbons (Fsp3) is 0.300. The molecule has 4 nitrogen and oxygen atoms in total. The molecule has 5 heteroatoms. The maximum absolute atomic E-state index is 12.4. The van der Waals surface area contributed by atoms with Crippen molar-refractivity contribution in [2.45, 2.75) is 37.6 Å². The molecule has 2 heterocycles. The van der Waals surface area contributed by atoms with Gasteiger partial charge in [-0.1, -0.05) is 35.9 Å². The van der Waals surface area contributed by atoms with E-state index in [-0.39, 0.29) is 17.5 Å². The predicted octanol–water partition coefficient (Wildman–Crippen LogP) is 3.62. The van der Waals surface area contributed by atoms with Crippen LogP contribution in [0.5, 0.6) is 0 Å². The molecule has 1 aromatic carbocycles. The number of halogens is 1. The van der Waals surface area contributed by atoms with E-state index in [1.807, 2.05) is 42.5 Å². The third-order valence-corrected chi connectivity index (χ3v) is 5.05. The van der Waals surface area contributed by atoms with Crippen LogP contribution in [0, 0.1) is 0 Å². The molecule has 0 bridgehead atoms. The van der Waals surface area contributed by atoms with Crippen molar-refractivity contribution in [1.29, 1.82) is 0 Å².